The summed E-state index contributed by atoms with van der Waals surface area (Å²) >= 11 is 0. The number of hydrogen-bond donors (Lipinski definition) is 1. The summed E-state index contributed by atoms with van der Waals surface area (Å²) in [5.74, 6) is 0.667. The molecule has 0 aromatic carbocycles. The van der Waals surface area contributed by atoms with Gasteiger partial charge in [-0.3, -0.25) is 9.78 Å². The van der Waals surface area contributed by atoms with Crippen molar-refractivity contribution in [3.8, 4) is 0 Å². The Bertz CT molecular complexity index is 474. The van der Waals surface area contributed by atoms with Gasteiger partial charge < -0.3 is 15.0 Å². The molecule has 1 aromatic heterocycles. The Morgan fingerprint density at radius 1 is 1.57 bits per heavy atom. The largest absolute Gasteiger partial charge is 0.385 e. The number of methoxy groups -OCH3 is 1. The van der Waals surface area contributed by atoms with Crippen LogP contribution in [0.5, 0.6) is 0 Å². The van der Waals surface area contributed by atoms with Gasteiger partial charge in [0.15, 0.2) is 0 Å². The summed E-state index contributed by atoms with van der Waals surface area (Å²) in [6, 6.07) is 2.11. The summed E-state index contributed by atoms with van der Waals surface area (Å²) in [4.78, 5) is 19.0. The minimum atomic E-state index is 0.0375. The number of aromatic nitrogens is 1. The first-order chi connectivity index (χ1) is 10.2. The van der Waals surface area contributed by atoms with E-state index >= 15 is 0 Å². The zero-order valence-corrected chi connectivity index (χ0v) is 13.1. The van der Waals surface area contributed by atoms with Crippen molar-refractivity contribution >= 4 is 11.6 Å². The van der Waals surface area contributed by atoms with Crippen molar-refractivity contribution in [1.82, 2.24) is 9.88 Å². The molecule has 1 aromatic rings. The number of amides is 1. The van der Waals surface area contributed by atoms with Crippen molar-refractivity contribution in [2.24, 2.45) is 5.92 Å². The first kappa shape index (κ1) is 15.8. The minimum Gasteiger partial charge on any atom is -0.385 e. The van der Waals surface area contributed by atoms with Gasteiger partial charge in [0.2, 0.25) is 0 Å². The number of pyridine rings is 1. The highest BCUT2D eigenvalue weighted by atomic mass is 16.5. The van der Waals surface area contributed by atoms with Gasteiger partial charge in [0.05, 0.1) is 17.9 Å². The summed E-state index contributed by atoms with van der Waals surface area (Å²) in [7, 11) is 1.67. The van der Waals surface area contributed by atoms with Crippen LogP contribution >= 0.6 is 0 Å². The van der Waals surface area contributed by atoms with Crippen molar-refractivity contribution in [1.29, 1.82) is 0 Å². The lowest BCUT2D eigenvalue weighted by molar-refractivity contribution is 0.0595. The molecule has 5 heteroatoms. The number of nitrogens with one attached hydrogen (secondary N) is 1. The second-order valence-electron chi connectivity index (χ2n) is 5.52. The molecule has 21 heavy (non-hydrogen) atoms. The molecular formula is C16H25N3O2. The van der Waals surface area contributed by atoms with Crippen LogP contribution in [0.25, 0.3) is 0 Å². The molecule has 0 radical (unpaired) electrons. The normalized spacial score (nSPS) is 15.6. The van der Waals surface area contributed by atoms with Gasteiger partial charge in [-0.05, 0) is 38.7 Å². The van der Waals surface area contributed by atoms with Crippen LogP contribution in [0.2, 0.25) is 0 Å². The van der Waals surface area contributed by atoms with Crippen molar-refractivity contribution in [2.45, 2.75) is 32.7 Å². The number of rotatable bonds is 8. The monoisotopic (exact) mass is 291 g/mol. The topological polar surface area (TPSA) is 54.5 Å². The fourth-order valence-corrected chi connectivity index (χ4v) is 2.58. The lowest BCUT2D eigenvalue weighted by Crippen LogP contribution is -2.42. The molecule has 1 fully saturated rings. The van der Waals surface area contributed by atoms with Crippen LogP contribution < -0.4 is 5.32 Å². The van der Waals surface area contributed by atoms with E-state index in [0.29, 0.717) is 24.6 Å². The number of ether oxygens (including phenoxy) is 1. The van der Waals surface area contributed by atoms with Crippen molar-refractivity contribution in [2.75, 3.05) is 32.1 Å². The van der Waals surface area contributed by atoms with Crippen molar-refractivity contribution in [3.63, 3.8) is 0 Å². The van der Waals surface area contributed by atoms with Crippen LogP contribution in [0.1, 0.15) is 37.0 Å². The van der Waals surface area contributed by atoms with E-state index in [1.807, 2.05) is 17.9 Å². The zero-order valence-electron chi connectivity index (χ0n) is 13.1. The van der Waals surface area contributed by atoms with Gasteiger partial charge in [-0.25, -0.2) is 0 Å². The quantitative estimate of drug-likeness (QED) is 0.799. The summed E-state index contributed by atoms with van der Waals surface area (Å²) < 4.78 is 5.16. The number of hydrogen-bond acceptors (Lipinski definition) is 4. The van der Waals surface area contributed by atoms with Crippen LogP contribution in [0.15, 0.2) is 18.5 Å². The van der Waals surface area contributed by atoms with Gasteiger partial charge in [0.25, 0.3) is 5.91 Å². The molecule has 0 bridgehead atoms. The van der Waals surface area contributed by atoms with E-state index in [4.69, 9.17) is 4.74 Å². The Kier molecular flexibility index (Phi) is 5.56. The molecule has 1 aliphatic carbocycles. The summed E-state index contributed by atoms with van der Waals surface area (Å²) in [6.45, 7) is 6.10. The first-order valence-corrected chi connectivity index (χ1v) is 7.66. The molecule has 116 valence electrons. The second-order valence-corrected chi connectivity index (χ2v) is 5.52. The van der Waals surface area contributed by atoms with Crippen LogP contribution in [-0.4, -0.2) is 48.6 Å². The van der Waals surface area contributed by atoms with Gasteiger partial charge >= 0.3 is 0 Å². The maximum Gasteiger partial charge on any atom is 0.257 e. The Morgan fingerprint density at radius 3 is 2.95 bits per heavy atom. The highest BCUT2D eigenvalue weighted by molar-refractivity contribution is 5.99. The van der Waals surface area contributed by atoms with Crippen LogP contribution in [0, 0.1) is 5.92 Å². The van der Waals surface area contributed by atoms with E-state index in [1.165, 1.54) is 12.8 Å². The van der Waals surface area contributed by atoms with Gasteiger partial charge in [-0.15, -0.1) is 0 Å². The third-order valence-corrected chi connectivity index (χ3v) is 4.01. The zero-order chi connectivity index (χ0) is 15.2. The van der Waals surface area contributed by atoms with Gasteiger partial charge in [0.1, 0.15) is 0 Å². The van der Waals surface area contributed by atoms with E-state index in [2.05, 4.69) is 17.2 Å². The highest BCUT2D eigenvalue weighted by Crippen LogP contribution is 2.35. The van der Waals surface area contributed by atoms with E-state index in [9.17, 15) is 4.79 Å². The fraction of sp³-hybridized carbons (Fsp3) is 0.625. The molecule has 1 aliphatic rings. The third-order valence-electron chi connectivity index (χ3n) is 4.01. The molecule has 2 rings (SSSR count). The Labute approximate surface area is 126 Å². The Balaban J connectivity index is 2.20. The molecule has 1 N–H and O–H groups in total. The molecule has 1 atom stereocenters. The number of carbonyl (C=O) groups is 1. The van der Waals surface area contributed by atoms with Gasteiger partial charge in [0, 0.05) is 38.6 Å². The van der Waals surface area contributed by atoms with Crippen molar-refractivity contribution < 1.29 is 9.53 Å². The molecular weight excluding hydrogens is 266 g/mol. The second kappa shape index (κ2) is 7.41. The predicted octanol–water partition coefficient (Wildman–Crippen LogP) is 2.40. The summed E-state index contributed by atoms with van der Waals surface area (Å²) in [5, 5.41) is 3.23. The summed E-state index contributed by atoms with van der Waals surface area (Å²) in [6.07, 6.45) is 5.79. The number of anilines is 1. The van der Waals surface area contributed by atoms with E-state index in [-0.39, 0.29) is 11.9 Å². The minimum absolute atomic E-state index is 0.0375. The standard InChI is InChI=1S/C16H25N3O2/c1-4-18-15-7-8-17-11-14(15)16(20)19(9-10-21-3)12(2)13-5-6-13/h7-8,11-13H,4-6,9-10H2,1-3H3,(H,17,18). The Morgan fingerprint density at radius 2 is 2.33 bits per heavy atom. The van der Waals surface area contributed by atoms with Gasteiger partial charge in [-0.2, -0.15) is 0 Å². The SMILES string of the molecule is CCNc1ccncc1C(=O)N(CCOC)C(C)C1CC1. The molecule has 5 nitrogen and oxygen atoms in total. The average molecular weight is 291 g/mol. The smallest absolute Gasteiger partial charge is 0.257 e. The number of carbonyl (C=O) groups excluding carboxylic acids is 1. The molecule has 1 heterocycles. The maximum atomic E-state index is 12.9. The summed E-state index contributed by atoms with van der Waals surface area (Å²) in [5.41, 5.74) is 1.49. The van der Waals surface area contributed by atoms with Crippen molar-refractivity contribution in [3.05, 3.63) is 24.0 Å². The first-order valence-electron chi connectivity index (χ1n) is 7.66. The average Bonchev–Trinajstić information content (AvgIpc) is 3.33. The van der Waals surface area contributed by atoms with E-state index in [1.54, 1.807) is 19.5 Å². The molecule has 1 saturated carbocycles. The fourth-order valence-electron chi connectivity index (χ4n) is 2.58. The van der Waals surface area contributed by atoms with Crippen LogP contribution in [-0.2, 0) is 4.74 Å². The predicted molar refractivity (Wildman–Crippen MR) is 83.5 cm³/mol. The molecule has 0 saturated heterocycles. The van der Waals surface area contributed by atoms with Gasteiger partial charge in [-0.1, -0.05) is 0 Å². The lowest BCUT2D eigenvalue weighted by atomic mass is 10.1. The highest BCUT2D eigenvalue weighted by Gasteiger charge is 2.35. The molecule has 0 aliphatic heterocycles. The maximum absolute atomic E-state index is 12.9. The Hall–Kier alpha value is -1.62. The molecule has 1 amide bonds. The van der Waals surface area contributed by atoms with E-state index < -0.39 is 0 Å². The molecule has 0 spiro atoms. The lowest BCUT2D eigenvalue weighted by Gasteiger charge is -2.30. The van der Waals surface area contributed by atoms with E-state index in [0.717, 1.165) is 12.2 Å². The molecule has 1 unspecified atom stereocenters. The van der Waals surface area contributed by atoms with Crippen LogP contribution in [0.4, 0.5) is 5.69 Å². The van der Waals surface area contributed by atoms with Crippen LogP contribution in [0.3, 0.4) is 0 Å². The number of nitrogens with zero attached hydrogens (tertiary/aromatic N) is 2. The third kappa shape index (κ3) is 3.94.